The number of halogens is 2. The third-order valence-corrected chi connectivity index (χ3v) is 4.82. The monoisotopic (exact) mass is 427 g/mol. The second kappa shape index (κ2) is 9.92. The molecular weight excluding hydrogens is 407 g/mol. The predicted molar refractivity (Wildman–Crippen MR) is 125 cm³/mol. The summed E-state index contributed by atoms with van der Waals surface area (Å²) in [4.78, 5) is 4.61. The standard InChI is InChI=1S/C26H20BF2NO2/c1-2-20(28)9-8-18-27(19-14-16-21(29)17-15-19)32-24-12-7-6-10-22(24)26-30-23-11-4-3-5-13-25(23)31-26/h2-4,6-18H,1,5H2/b18-8+,20-9+. The average molecular weight is 427 g/mol. The largest absolute Gasteiger partial charge is 0.551 e. The van der Waals surface area contributed by atoms with E-state index < -0.39 is 12.7 Å². The summed E-state index contributed by atoms with van der Waals surface area (Å²) in [7, 11) is 0. The van der Waals surface area contributed by atoms with Crippen LogP contribution in [-0.2, 0) is 0 Å². The van der Waals surface area contributed by atoms with Gasteiger partial charge in [-0.15, -0.1) is 0 Å². The number of nitrogens with zero attached hydrogens (tertiary/aromatic N) is 1. The quantitative estimate of drug-likeness (QED) is 0.414. The predicted octanol–water partition coefficient (Wildman–Crippen LogP) is 4.41. The molecule has 0 atom stereocenters. The van der Waals surface area contributed by atoms with E-state index in [0.29, 0.717) is 28.1 Å². The first-order valence-corrected chi connectivity index (χ1v) is 10.2. The van der Waals surface area contributed by atoms with Crippen LogP contribution in [0.5, 0.6) is 5.75 Å². The highest BCUT2D eigenvalue weighted by Gasteiger charge is 2.21. The van der Waals surface area contributed by atoms with Crippen LogP contribution in [0, 0.1) is 5.82 Å². The molecule has 1 aliphatic rings. The van der Waals surface area contributed by atoms with Crippen LogP contribution in [0.3, 0.4) is 0 Å². The molecule has 0 fully saturated rings. The molecule has 0 saturated carbocycles. The van der Waals surface area contributed by atoms with E-state index >= 15 is 0 Å². The van der Waals surface area contributed by atoms with Crippen molar-refractivity contribution in [3.8, 4) is 17.2 Å². The van der Waals surface area contributed by atoms with E-state index in [9.17, 15) is 8.78 Å². The van der Waals surface area contributed by atoms with Crippen molar-refractivity contribution in [2.24, 2.45) is 0 Å². The number of aromatic nitrogens is 1. The fourth-order valence-corrected chi connectivity index (χ4v) is 3.21. The van der Waals surface area contributed by atoms with Gasteiger partial charge in [0, 0.05) is 0 Å². The van der Waals surface area contributed by atoms with Gasteiger partial charge in [0.1, 0.15) is 22.7 Å². The van der Waals surface area contributed by atoms with E-state index in [1.165, 1.54) is 24.3 Å². The molecule has 0 aliphatic heterocycles. The lowest BCUT2D eigenvalue weighted by Gasteiger charge is -2.15. The first-order valence-electron chi connectivity index (χ1n) is 10.2. The molecule has 0 radical (unpaired) electrons. The zero-order valence-corrected chi connectivity index (χ0v) is 17.2. The van der Waals surface area contributed by atoms with Crippen LogP contribution >= 0.6 is 0 Å². The van der Waals surface area contributed by atoms with Gasteiger partial charge in [-0.2, -0.15) is 0 Å². The first kappa shape index (κ1) is 21.3. The Morgan fingerprint density at radius 2 is 1.97 bits per heavy atom. The van der Waals surface area contributed by atoms with E-state index in [1.54, 1.807) is 18.1 Å². The van der Waals surface area contributed by atoms with Gasteiger partial charge in [-0.05, 0) is 60.5 Å². The number of oxazole rings is 1. The van der Waals surface area contributed by atoms with E-state index in [1.807, 2.05) is 48.6 Å². The van der Waals surface area contributed by atoms with Crippen molar-refractivity contribution in [2.45, 2.75) is 6.42 Å². The maximum Gasteiger partial charge on any atom is 0.418 e. The van der Waals surface area contributed by atoms with Gasteiger partial charge in [-0.25, -0.2) is 13.8 Å². The van der Waals surface area contributed by atoms with Crippen molar-refractivity contribution in [1.82, 2.24) is 4.98 Å². The summed E-state index contributed by atoms with van der Waals surface area (Å²) in [5, 5.41) is 0.753. The summed E-state index contributed by atoms with van der Waals surface area (Å²) in [6, 6.07) is 13.4. The SMILES string of the molecule is C=C/C(F)=C\C=C\B(Oc1ccccc1-c1nc2c(o1)=CCC=CC=2)c1ccc(F)cc1. The number of rotatable bonds is 7. The Labute approximate surface area is 185 Å². The molecule has 0 spiro atoms. The molecule has 158 valence electrons. The zero-order valence-electron chi connectivity index (χ0n) is 17.2. The zero-order chi connectivity index (χ0) is 22.3. The topological polar surface area (TPSA) is 35.3 Å². The minimum Gasteiger partial charge on any atom is -0.551 e. The van der Waals surface area contributed by atoms with E-state index in [2.05, 4.69) is 11.6 Å². The lowest BCUT2D eigenvalue weighted by molar-refractivity contribution is 0.532. The maximum absolute atomic E-state index is 13.5. The highest BCUT2D eigenvalue weighted by molar-refractivity contribution is 6.72. The Balaban J connectivity index is 1.72. The van der Waals surface area contributed by atoms with Crippen molar-refractivity contribution >= 4 is 24.5 Å². The minimum absolute atomic E-state index is 0.350. The van der Waals surface area contributed by atoms with Gasteiger partial charge >= 0.3 is 6.92 Å². The van der Waals surface area contributed by atoms with Gasteiger partial charge in [-0.1, -0.05) is 55.0 Å². The summed E-state index contributed by atoms with van der Waals surface area (Å²) in [6.45, 7) is 2.80. The highest BCUT2D eigenvalue weighted by Crippen LogP contribution is 2.28. The smallest absolute Gasteiger partial charge is 0.418 e. The minimum atomic E-state index is -0.598. The van der Waals surface area contributed by atoms with Gasteiger partial charge in [0.15, 0.2) is 5.42 Å². The molecule has 0 saturated heterocycles. The van der Waals surface area contributed by atoms with Crippen LogP contribution < -0.4 is 20.9 Å². The van der Waals surface area contributed by atoms with Gasteiger partial charge in [0.25, 0.3) is 0 Å². The highest BCUT2D eigenvalue weighted by atomic mass is 19.1. The molecule has 0 N–H and O–H groups in total. The number of fused-ring (bicyclic) bond motifs is 1. The van der Waals surface area contributed by atoms with Crippen molar-refractivity contribution in [3.05, 3.63) is 114 Å². The van der Waals surface area contributed by atoms with E-state index in [-0.39, 0.29) is 5.82 Å². The Bertz CT molecular complexity index is 1320. The molecule has 3 nitrogen and oxygen atoms in total. The number of allylic oxidation sites excluding steroid dienone is 6. The molecule has 4 rings (SSSR count). The fraction of sp³-hybridized carbons (Fsp3) is 0.0385. The number of benzene rings is 2. The summed E-state index contributed by atoms with van der Waals surface area (Å²) in [5.41, 5.74) is 2.10. The molecule has 32 heavy (non-hydrogen) atoms. The Morgan fingerprint density at radius 1 is 1.16 bits per heavy atom. The molecule has 0 unspecified atom stereocenters. The molecule has 1 aromatic heterocycles. The van der Waals surface area contributed by atoms with E-state index in [0.717, 1.165) is 17.8 Å². The summed E-state index contributed by atoms with van der Waals surface area (Å²) in [5.74, 6) is 1.84. The first-order chi connectivity index (χ1) is 15.6. The lowest BCUT2D eigenvalue weighted by atomic mass is 9.60. The third kappa shape index (κ3) is 5.03. The van der Waals surface area contributed by atoms with Gasteiger partial charge in [0.2, 0.25) is 5.89 Å². The van der Waals surface area contributed by atoms with Gasteiger partial charge < -0.3 is 9.07 Å². The Hall–Kier alpha value is -3.93. The summed E-state index contributed by atoms with van der Waals surface area (Å²) in [6.07, 6.45) is 12.5. The fourth-order valence-electron chi connectivity index (χ4n) is 3.21. The second-order valence-corrected chi connectivity index (χ2v) is 7.03. The molecule has 0 amide bonds. The Kier molecular flexibility index (Phi) is 6.61. The number of hydrogen-bond acceptors (Lipinski definition) is 3. The van der Waals surface area contributed by atoms with Crippen LogP contribution in [0.4, 0.5) is 8.78 Å². The van der Waals surface area contributed by atoms with Crippen LogP contribution in [-0.4, -0.2) is 11.9 Å². The number of para-hydroxylation sites is 1. The van der Waals surface area contributed by atoms with Gasteiger partial charge in [-0.3, -0.25) is 0 Å². The van der Waals surface area contributed by atoms with Crippen LogP contribution in [0.2, 0.25) is 0 Å². The molecule has 1 heterocycles. The van der Waals surface area contributed by atoms with Crippen LogP contribution in [0.15, 0.2) is 102 Å². The second-order valence-electron chi connectivity index (χ2n) is 7.03. The van der Waals surface area contributed by atoms with Crippen molar-refractivity contribution in [3.63, 3.8) is 0 Å². The Morgan fingerprint density at radius 3 is 2.78 bits per heavy atom. The normalized spacial score (nSPS) is 13.1. The van der Waals surface area contributed by atoms with Gasteiger partial charge in [0.05, 0.1) is 5.56 Å². The third-order valence-electron chi connectivity index (χ3n) is 4.82. The molecule has 1 aliphatic carbocycles. The molecular formula is C26H20BF2NO2. The maximum atomic E-state index is 13.5. The molecule has 2 aromatic carbocycles. The summed E-state index contributed by atoms with van der Waals surface area (Å²) >= 11 is 0. The lowest BCUT2D eigenvalue weighted by Crippen LogP contribution is -2.35. The molecule has 0 bridgehead atoms. The molecule has 6 heteroatoms. The van der Waals surface area contributed by atoms with Crippen molar-refractivity contribution < 1.29 is 17.9 Å². The van der Waals surface area contributed by atoms with E-state index in [4.69, 9.17) is 9.07 Å². The average Bonchev–Trinajstić information content (AvgIpc) is 3.09. The molecule has 3 aromatic rings. The van der Waals surface area contributed by atoms with Crippen molar-refractivity contribution in [1.29, 1.82) is 0 Å². The van der Waals surface area contributed by atoms with Crippen LogP contribution in [0.25, 0.3) is 23.6 Å². The van der Waals surface area contributed by atoms with Crippen LogP contribution in [0.1, 0.15) is 6.42 Å². The summed E-state index contributed by atoms with van der Waals surface area (Å²) < 4.78 is 39.2. The van der Waals surface area contributed by atoms with Crippen molar-refractivity contribution in [2.75, 3.05) is 0 Å². The number of hydrogen-bond donors (Lipinski definition) is 0.